The number of hydrogen-bond acceptors (Lipinski definition) is 4. The lowest BCUT2D eigenvalue weighted by Gasteiger charge is -2.11. The summed E-state index contributed by atoms with van der Waals surface area (Å²) in [5, 5.41) is 2.78. The molecule has 3 N–H and O–H groups in total. The van der Waals surface area contributed by atoms with Crippen molar-refractivity contribution in [3.05, 3.63) is 30.3 Å². The Balaban J connectivity index is 2.21. The molecule has 1 unspecified atom stereocenters. The first-order chi connectivity index (χ1) is 8.74. The number of para-hydroxylation sites is 1. The molecular weight excluding hydrogens is 248 g/mol. The number of anilines is 1. The van der Waals surface area contributed by atoms with Crippen LogP contribution in [0.2, 0.25) is 0 Å². The molecule has 0 radical (unpaired) electrons. The van der Waals surface area contributed by atoms with Gasteiger partial charge in [0.2, 0.25) is 5.91 Å². The summed E-state index contributed by atoms with van der Waals surface area (Å²) in [7, 11) is 0. The molecule has 0 saturated heterocycles. The van der Waals surface area contributed by atoms with E-state index >= 15 is 0 Å². The van der Waals surface area contributed by atoms with Gasteiger partial charge >= 0.3 is 0 Å². The van der Waals surface area contributed by atoms with Crippen LogP contribution in [0.3, 0.4) is 0 Å². The van der Waals surface area contributed by atoms with Gasteiger partial charge in [-0.25, -0.2) is 0 Å². The number of hydrogen-bond donors (Lipinski definition) is 2. The largest absolute Gasteiger partial charge is 0.379 e. The smallest absolute Gasteiger partial charge is 0.237 e. The molecule has 1 amide bonds. The predicted molar refractivity (Wildman–Crippen MR) is 76.9 cm³/mol. The van der Waals surface area contributed by atoms with Crippen LogP contribution >= 0.6 is 11.8 Å². The fourth-order valence-corrected chi connectivity index (χ4v) is 2.09. The van der Waals surface area contributed by atoms with Crippen molar-refractivity contribution in [3.8, 4) is 0 Å². The lowest BCUT2D eigenvalue weighted by atomic mass is 10.3. The zero-order valence-corrected chi connectivity index (χ0v) is 11.4. The number of rotatable bonds is 8. The van der Waals surface area contributed by atoms with Gasteiger partial charge in [0.05, 0.1) is 18.5 Å². The number of nitrogens with one attached hydrogen (secondary N) is 1. The Bertz CT molecular complexity index is 346. The molecule has 0 aliphatic carbocycles. The highest BCUT2D eigenvalue weighted by atomic mass is 32.2. The molecule has 100 valence electrons. The monoisotopic (exact) mass is 268 g/mol. The molecule has 4 nitrogen and oxygen atoms in total. The number of carbonyl (C=O) groups excluding carboxylic acids is 1. The van der Waals surface area contributed by atoms with E-state index in [9.17, 15) is 4.79 Å². The van der Waals surface area contributed by atoms with Crippen molar-refractivity contribution in [2.75, 3.05) is 30.8 Å². The molecule has 0 spiro atoms. The first-order valence-electron chi connectivity index (χ1n) is 5.99. The Hall–Kier alpha value is -1.04. The maximum Gasteiger partial charge on any atom is 0.237 e. The lowest BCUT2D eigenvalue weighted by molar-refractivity contribution is -0.115. The average molecular weight is 268 g/mol. The van der Waals surface area contributed by atoms with E-state index < -0.39 is 0 Å². The van der Waals surface area contributed by atoms with Crippen LogP contribution in [0.1, 0.15) is 6.92 Å². The van der Waals surface area contributed by atoms with E-state index in [0.717, 1.165) is 11.4 Å². The molecule has 5 heteroatoms. The summed E-state index contributed by atoms with van der Waals surface area (Å²) in [6, 6.07) is 9.46. The number of thioether (sulfide) groups is 1. The molecule has 1 rings (SSSR count). The van der Waals surface area contributed by atoms with Crippen LogP contribution in [0.5, 0.6) is 0 Å². The molecule has 0 bridgehead atoms. The van der Waals surface area contributed by atoms with Gasteiger partial charge in [-0.3, -0.25) is 4.79 Å². The van der Waals surface area contributed by atoms with Crippen molar-refractivity contribution >= 4 is 23.4 Å². The molecule has 0 aromatic heterocycles. The van der Waals surface area contributed by atoms with Gasteiger partial charge in [0.1, 0.15) is 0 Å². The third kappa shape index (κ3) is 6.05. The van der Waals surface area contributed by atoms with Crippen molar-refractivity contribution in [1.82, 2.24) is 0 Å². The maximum atomic E-state index is 11.8. The fourth-order valence-electron chi connectivity index (χ4n) is 1.31. The predicted octanol–water partition coefficient (Wildman–Crippen LogP) is 1.72. The van der Waals surface area contributed by atoms with Crippen LogP contribution in [0.15, 0.2) is 30.3 Å². The third-order valence-corrected chi connectivity index (χ3v) is 3.38. The maximum absolute atomic E-state index is 11.8. The first-order valence-corrected chi connectivity index (χ1v) is 7.04. The van der Waals surface area contributed by atoms with Gasteiger partial charge in [-0.15, -0.1) is 11.8 Å². The van der Waals surface area contributed by atoms with Gasteiger partial charge < -0.3 is 15.8 Å². The third-order valence-electron chi connectivity index (χ3n) is 2.27. The summed E-state index contributed by atoms with van der Waals surface area (Å²) < 4.78 is 5.25. The minimum absolute atomic E-state index is 0.0185. The first kappa shape index (κ1) is 15.0. The van der Waals surface area contributed by atoms with Crippen LogP contribution in [0.25, 0.3) is 0 Å². The Morgan fingerprint density at radius 2 is 2.11 bits per heavy atom. The van der Waals surface area contributed by atoms with E-state index in [-0.39, 0.29) is 11.2 Å². The van der Waals surface area contributed by atoms with E-state index in [0.29, 0.717) is 19.8 Å². The zero-order valence-electron chi connectivity index (χ0n) is 10.6. The quantitative estimate of drug-likeness (QED) is 0.705. The van der Waals surface area contributed by atoms with E-state index in [4.69, 9.17) is 10.5 Å². The summed E-state index contributed by atoms with van der Waals surface area (Å²) in [6.07, 6.45) is 0. The summed E-state index contributed by atoms with van der Waals surface area (Å²) in [4.78, 5) is 11.8. The Kier molecular flexibility index (Phi) is 7.48. The van der Waals surface area contributed by atoms with E-state index in [1.54, 1.807) is 11.8 Å². The fraction of sp³-hybridized carbons (Fsp3) is 0.462. The van der Waals surface area contributed by atoms with Gasteiger partial charge in [-0.1, -0.05) is 18.2 Å². The highest BCUT2D eigenvalue weighted by molar-refractivity contribution is 8.00. The lowest BCUT2D eigenvalue weighted by Crippen LogP contribution is -2.23. The standard InChI is InChI=1S/C13H20N2O2S/c1-11(18-10-9-17-8-7-14)13(16)15-12-5-3-2-4-6-12/h2-6,11H,7-10,14H2,1H3,(H,15,16). The normalized spacial score (nSPS) is 12.1. The topological polar surface area (TPSA) is 64.3 Å². The number of amides is 1. The van der Waals surface area contributed by atoms with Gasteiger partial charge in [-0.05, 0) is 19.1 Å². The van der Waals surface area contributed by atoms with E-state index in [2.05, 4.69) is 5.32 Å². The second kappa shape index (κ2) is 8.97. The number of carbonyl (C=O) groups is 1. The van der Waals surface area contributed by atoms with Crippen LogP contribution in [0.4, 0.5) is 5.69 Å². The average Bonchev–Trinajstić information content (AvgIpc) is 2.39. The number of benzene rings is 1. The molecule has 1 aromatic carbocycles. The molecule has 0 fully saturated rings. The zero-order chi connectivity index (χ0) is 13.2. The van der Waals surface area contributed by atoms with Crippen molar-refractivity contribution < 1.29 is 9.53 Å². The molecule has 0 heterocycles. The SMILES string of the molecule is CC(SCCOCCN)C(=O)Nc1ccccc1. The summed E-state index contributed by atoms with van der Waals surface area (Å²) in [5.74, 6) is 0.814. The highest BCUT2D eigenvalue weighted by Gasteiger charge is 2.12. The van der Waals surface area contributed by atoms with Gasteiger partial charge in [0, 0.05) is 18.0 Å². The van der Waals surface area contributed by atoms with Crippen molar-refractivity contribution in [1.29, 1.82) is 0 Å². The Labute approximate surface area is 112 Å². The Morgan fingerprint density at radius 3 is 2.78 bits per heavy atom. The summed E-state index contributed by atoms with van der Waals surface area (Å²) >= 11 is 1.58. The van der Waals surface area contributed by atoms with Gasteiger partial charge in [0.25, 0.3) is 0 Å². The molecule has 18 heavy (non-hydrogen) atoms. The molecule has 1 atom stereocenters. The molecule has 0 aliphatic heterocycles. The van der Waals surface area contributed by atoms with Gasteiger partial charge in [0.15, 0.2) is 0 Å². The minimum atomic E-state index is -0.0910. The van der Waals surface area contributed by atoms with Gasteiger partial charge in [-0.2, -0.15) is 0 Å². The molecule has 0 aliphatic rings. The Morgan fingerprint density at radius 1 is 1.39 bits per heavy atom. The van der Waals surface area contributed by atoms with Crippen molar-refractivity contribution in [2.24, 2.45) is 5.73 Å². The van der Waals surface area contributed by atoms with Crippen LogP contribution in [-0.4, -0.2) is 36.7 Å². The van der Waals surface area contributed by atoms with E-state index in [1.807, 2.05) is 37.3 Å². The molecule has 0 saturated carbocycles. The molecule has 1 aromatic rings. The summed E-state index contributed by atoms with van der Waals surface area (Å²) in [5.41, 5.74) is 6.14. The van der Waals surface area contributed by atoms with Crippen molar-refractivity contribution in [3.63, 3.8) is 0 Å². The number of ether oxygens (including phenoxy) is 1. The van der Waals surface area contributed by atoms with E-state index in [1.165, 1.54) is 0 Å². The highest BCUT2D eigenvalue weighted by Crippen LogP contribution is 2.13. The second-order valence-corrected chi connectivity index (χ2v) is 5.22. The molecular formula is C13H20N2O2S. The van der Waals surface area contributed by atoms with Crippen molar-refractivity contribution in [2.45, 2.75) is 12.2 Å². The van der Waals surface area contributed by atoms with Crippen LogP contribution in [0, 0.1) is 0 Å². The van der Waals surface area contributed by atoms with Crippen LogP contribution in [-0.2, 0) is 9.53 Å². The second-order valence-electron chi connectivity index (χ2n) is 3.77. The summed E-state index contributed by atoms with van der Waals surface area (Å²) in [6.45, 7) is 3.64. The minimum Gasteiger partial charge on any atom is -0.379 e. The van der Waals surface area contributed by atoms with Crippen LogP contribution < -0.4 is 11.1 Å². The number of nitrogens with two attached hydrogens (primary N) is 1.